The smallest absolute Gasteiger partial charge is 0.0807 e. The summed E-state index contributed by atoms with van der Waals surface area (Å²) in [5.74, 6) is 0.519. The van der Waals surface area contributed by atoms with Crippen molar-refractivity contribution in [2.45, 2.75) is 39.7 Å². The van der Waals surface area contributed by atoms with Gasteiger partial charge < -0.3 is 10.0 Å². The van der Waals surface area contributed by atoms with Crippen LogP contribution in [0.4, 0.5) is 5.69 Å². The maximum absolute atomic E-state index is 10.1. The molecule has 0 aliphatic rings. The van der Waals surface area contributed by atoms with E-state index in [1.807, 2.05) is 31.2 Å². The summed E-state index contributed by atoms with van der Waals surface area (Å²) in [4.78, 5) is 2.21. The van der Waals surface area contributed by atoms with E-state index in [1.165, 1.54) is 0 Å². The van der Waals surface area contributed by atoms with E-state index in [4.69, 9.17) is 5.26 Å². The zero-order valence-electron chi connectivity index (χ0n) is 12.1. The molecule has 0 spiro atoms. The lowest BCUT2D eigenvalue weighted by Gasteiger charge is -2.29. The van der Waals surface area contributed by atoms with E-state index in [0.29, 0.717) is 25.3 Å². The number of nitriles is 1. The molecule has 1 aromatic carbocycles. The molecule has 0 unspecified atom stereocenters. The number of aliphatic hydroxyl groups excluding tert-OH is 1. The van der Waals surface area contributed by atoms with Gasteiger partial charge in [0, 0.05) is 24.3 Å². The van der Waals surface area contributed by atoms with Crippen molar-refractivity contribution >= 4 is 5.69 Å². The van der Waals surface area contributed by atoms with Gasteiger partial charge in [-0.25, -0.2) is 0 Å². The Hall–Kier alpha value is -1.53. The molecule has 1 rings (SSSR count). The van der Waals surface area contributed by atoms with Crippen LogP contribution < -0.4 is 4.90 Å². The van der Waals surface area contributed by atoms with Gasteiger partial charge >= 0.3 is 0 Å². The second kappa shape index (κ2) is 7.81. The van der Waals surface area contributed by atoms with Crippen LogP contribution in [0.2, 0.25) is 0 Å². The summed E-state index contributed by atoms with van der Waals surface area (Å²) in [6, 6.07) is 10.2. The van der Waals surface area contributed by atoms with E-state index in [9.17, 15) is 5.11 Å². The number of nitrogens with zero attached hydrogens (tertiary/aromatic N) is 2. The number of aliphatic hydroxyl groups is 1. The Morgan fingerprint density at radius 2 is 2.00 bits per heavy atom. The van der Waals surface area contributed by atoms with Crippen molar-refractivity contribution in [1.29, 1.82) is 5.26 Å². The summed E-state index contributed by atoms with van der Waals surface area (Å²) in [6.45, 7) is 7.91. The highest BCUT2D eigenvalue weighted by Gasteiger charge is 2.16. The van der Waals surface area contributed by atoms with Crippen LogP contribution in [-0.4, -0.2) is 18.2 Å². The summed E-state index contributed by atoms with van der Waals surface area (Å²) < 4.78 is 0. The van der Waals surface area contributed by atoms with Crippen molar-refractivity contribution in [3.63, 3.8) is 0 Å². The van der Waals surface area contributed by atoms with Crippen LogP contribution in [0.1, 0.15) is 45.3 Å². The van der Waals surface area contributed by atoms with Gasteiger partial charge in [-0.3, -0.25) is 0 Å². The van der Waals surface area contributed by atoms with Gasteiger partial charge in [0.15, 0.2) is 0 Å². The largest absolute Gasteiger partial charge is 0.388 e. The summed E-state index contributed by atoms with van der Waals surface area (Å²) in [7, 11) is 0. The molecule has 104 valence electrons. The third kappa shape index (κ3) is 4.57. The molecule has 0 amide bonds. The standard InChI is InChI=1S/C16H24N2O/c1-4-16(19)14-8-5-6-9-15(14)18(11-7-10-17)12-13(2)3/h5-6,8-9,13,16,19H,4,7,11-12H2,1-3H3/t16-/m1/s1. The average Bonchev–Trinajstić information content (AvgIpc) is 2.42. The van der Waals surface area contributed by atoms with Crippen molar-refractivity contribution in [2.24, 2.45) is 5.92 Å². The number of para-hydroxylation sites is 1. The second-order valence-electron chi connectivity index (χ2n) is 5.23. The lowest BCUT2D eigenvalue weighted by atomic mass is 10.0. The van der Waals surface area contributed by atoms with Crippen molar-refractivity contribution in [2.75, 3.05) is 18.0 Å². The molecule has 0 bridgehead atoms. The molecule has 0 saturated heterocycles. The first-order valence-corrected chi connectivity index (χ1v) is 6.99. The first kappa shape index (κ1) is 15.5. The van der Waals surface area contributed by atoms with Crippen molar-refractivity contribution in [3.8, 4) is 6.07 Å². The monoisotopic (exact) mass is 260 g/mol. The minimum absolute atomic E-state index is 0.437. The van der Waals surface area contributed by atoms with Gasteiger partial charge in [0.1, 0.15) is 0 Å². The maximum atomic E-state index is 10.1. The molecule has 0 aliphatic carbocycles. The lowest BCUT2D eigenvalue weighted by molar-refractivity contribution is 0.174. The van der Waals surface area contributed by atoms with Gasteiger partial charge in [-0.05, 0) is 18.4 Å². The van der Waals surface area contributed by atoms with Crippen LogP contribution in [0, 0.1) is 17.2 Å². The van der Waals surface area contributed by atoms with E-state index in [2.05, 4.69) is 24.8 Å². The van der Waals surface area contributed by atoms with Gasteiger partial charge in [-0.15, -0.1) is 0 Å². The van der Waals surface area contributed by atoms with Gasteiger partial charge in [-0.2, -0.15) is 5.26 Å². The molecule has 1 aromatic rings. The van der Waals surface area contributed by atoms with Crippen molar-refractivity contribution < 1.29 is 5.11 Å². The molecular formula is C16H24N2O. The molecule has 3 nitrogen and oxygen atoms in total. The maximum Gasteiger partial charge on any atom is 0.0807 e. The molecule has 0 heterocycles. The topological polar surface area (TPSA) is 47.3 Å². The van der Waals surface area contributed by atoms with Crippen molar-refractivity contribution in [1.82, 2.24) is 0 Å². The molecule has 0 fully saturated rings. The van der Waals surface area contributed by atoms with Gasteiger partial charge in [0.05, 0.1) is 18.6 Å². The molecule has 0 radical (unpaired) electrons. The molecule has 19 heavy (non-hydrogen) atoms. The van der Waals surface area contributed by atoms with E-state index in [0.717, 1.165) is 17.8 Å². The second-order valence-corrected chi connectivity index (χ2v) is 5.23. The normalized spacial score (nSPS) is 12.2. The Labute approximate surface area is 116 Å². The Morgan fingerprint density at radius 1 is 1.32 bits per heavy atom. The summed E-state index contributed by atoms with van der Waals surface area (Å²) in [6.07, 6.45) is 0.765. The molecule has 3 heteroatoms. The van der Waals surface area contributed by atoms with Crippen LogP contribution in [0.25, 0.3) is 0 Å². The highest BCUT2D eigenvalue weighted by molar-refractivity contribution is 5.54. The number of hydrogen-bond acceptors (Lipinski definition) is 3. The predicted octanol–water partition coefficient (Wildman–Crippen LogP) is 3.51. The highest BCUT2D eigenvalue weighted by atomic mass is 16.3. The van der Waals surface area contributed by atoms with E-state index in [1.54, 1.807) is 0 Å². The molecule has 0 aromatic heterocycles. The number of hydrogen-bond donors (Lipinski definition) is 1. The molecule has 0 aliphatic heterocycles. The molecule has 0 saturated carbocycles. The molecular weight excluding hydrogens is 236 g/mol. The van der Waals surface area contributed by atoms with Crippen LogP contribution >= 0.6 is 0 Å². The fourth-order valence-corrected chi connectivity index (χ4v) is 2.21. The summed E-state index contributed by atoms with van der Waals surface area (Å²) >= 11 is 0. The van der Waals surface area contributed by atoms with Crippen molar-refractivity contribution in [3.05, 3.63) is 29.8 Å². The quantitative estimate of drug-likeness (QED) is 0.816. The fourth-order valence-electron chi connectivity index (χ4n) is 2.21. The van der Waals surface area contributed by atoms with Gasteiger partial charge in [0.25, 0.3) is 0 Å². The van der Waals surface area contributed by atoms with Gasteiger partial charge in [0.2, 0.25) is 0 Å². The third-order valence-electron chi connectivity index (χ3n) is 3.10. The van der Waals surface area contributed by atoms with E-state index < -0.39 is 6.10 Å². The van der Waals surface area contributed by atoms with Crippen LogP contribution in [0.15, 0.2) is 24.3 Å². The van der Waals surface area contributed by atoms with Crippen LogP contribution in [0.5, 0.6) is 0 Å². The fraction of sp³-hybridized carbons (Fsp3) is 0.562. The Kier molecular flexibility index (Phi) is 6.38. The third-order valence-corrected chi connectivity index (χ3v) is 3.10. The lowest BCUT2D eigenvalue weighted by Crippen LogP contribution is -2.29. The zero-order valence-corrected chi connectivity index (χ0v) is 12.1. The molecule has 1 N–H and O–H groups in total. The average molecular weight is 260 g/mol. The molecule has 1 atom stereocenters. The Morgan fingerprint density at radius 3 is 2.58 bits per heavy atom. The van der Waals surface area contributed by atoms with Crippen LogP contribution in [0.3, 0.4) is 0 Å². The van der Waals surface area contributed by atoms with E-state index >= 15 is 0 Å². The Balaban J connectivity index is 3.03. The van der Waals surface area contributed by atoms with E-state index in [-0.39, 0.29) is 0 Å². The number of anilines is 1. The van der Waals surface area contributed by atoms with Crippen LogP contribution in [-0.2, 0) is 0 Å². The SMILES string of the molecule is CC[C@@H](O)c1ccccc1N(CCC#N)CC(C)C. The highest BCUT2D eigenvalue weighted by Crippen LogP contribution is 2.28. The minimum Gasteiger partial charge on any atom is -0.388 e. The minimum atomic E-state index is -0.437. The zero-order chi connectivity index (χ0) is 14.3. The first-order valence-electron chi connectivity index (χ1n) is 6.99. The van der Waals surface area contributed by atoms with Gasteiger partial charge in [-0.1, -0.05) is 39.0 Å². The Bertz CT molecular complexity index is 423. The first-order chi connectivity index (χ1) is 9.10. The number of benzene rings is 1. The number of rotatable bonds is 7. The predicted molar refractivity (Wildman–Crippen MR) is 79.0 cm³/mol. The summed E-state index contributed by atoms with van der Waals surface area (Å²) in [5, 5.41) is 18.9. The summed E-state index contributed by atoms with van der Waals surface area (Å²) in [5.41, 5.74) is 2.02.